The maximum Gasteiger partial charge on any atom is 0.257 e. The Morgan fingerprint density at radius 2 is 2.00 bits per heavy atom. The van der Waals surface area contributed by atoms with E-state index in [9.17, 15) is 4.79 Å². The highest BCUT2D eigenvalue weighted by atomic mass is 16.1. The first-order valence-electron chi connectivity index (χ1n) is 5.52. The fourth-order valence-electron chi connectivity index (χ4n) is 1.62. The van der Waals surface area contributed by atoms with Crippen LogP contribution in [0.4, 0.5) is 11.4 Å². The van der Waals surface area contributed by atoms with E-state index in [1.165, 1.54) is 12.4 Å². The van der Waals surface area contributed by atoms with E-state index in [-0.39, 0.29) is 5.91 Å². The highest BCUT2D eigenvalue weighted by molar-refractivity contribution is 6.04. The van der Waals surface area contributed by atoms with Gasteiger partial charge in [-0.2, -0.15) is 10.2 Å². The zero-order chi connectivity index (χ0) is 13.1. The van der Waals surface area contributed by atoms with Crippen molar-refractivity contribution in [2.45, 2.75) is 13.8 Å². The Hall–Kier alpha value is -2.43. The Kier molecular flexibility index (Phi) is 3.23. The molecule has 0 saturated heterocycles. The van der Waals surface area contributed by atoms with E-state index in [1.807, 2.05) is 19.9 Å². The normalized spacial score (nSPS) is 10.1. The molecule has 5 heteroatoms. The minimum atomic E-state index is -0.226. The third-order valence-electron chi connectivity index (χ3n) is 2.71. The molecular formula is C13H14N4O. The number of carbonyl (C=O) groups is 1. The third-order valence-corrected chi connectivity index (χ3v) is 2.71. The second-order valence-corrected chi connectivity index (χ2v) is 4.11. The van der Waals surface area contributed by atoms with Crippen LogP contribution in [0, 0.1) is 13.8 Å². The zero-order valence-corrected chi connectivity index (χ0v) is 10.3. The lowest BCUT2D eigenvalue weighted by molar-refractivity contribution is 0.102. The van der Waals surface area contributed by atoms with Gasteiger partial charge >= 0.3 is 0 Å². The smallest absolute Gasteiger partial charge is 0.257 e. The van der Waals surface area contributed by atoms with Gasteiger partial charge in [-0.05, 0) is 37.1 Å². The van der Waals surface area contributed by atoms with Gasteiger partial charge in [-0.25, -0.2) is 0 Å². The number of anilines is 2. The van der Waals surface area contributed by atoms with Crippen molar-refractivity contribution in [1.82, 2.24) is 10.2 Å². The standard InChI is InChI=1S/C13H14N4O/c1-8-5-9(2)12(6-11(8)14)17-13(18)10-3-4-15-16-7-10/h3-7H,14H2,1-2H3,(H,17,18). The van der Waals surface area contributed by atoms with Crippen molar-refractivity contribution in [3.63, 3.8) is 0 Å². The van der Waals surface area contributed by atoms with Crippen molar-refractivity contribution >= 4 is 17.3 Å². The number of aryl methyl sites for hydroxylation is 2. The summed E-state index contributed by atoms with van der Waals surface area (Å²) in [6.45, 7) is 3.85. The maximum atomic E-state index is 11.9. The molecule has 2 aromatic rings. The van der Waals surface area contributed by atoms with Gasteiger partial charge in [-0.3, -0.25) is 4.79 Å². The largest absolute Gasteiger partial charge is 0.398 e. The predicted molar refractivity (Wildman–Crippen MR) is 70.3 cm³/mol. The summed E-state index contributed by atoms with van der Waals surface area (Å²) in [6, 6.07) is 5.31. The van der Waals surface area contributed by atoms with E-state index in [0.29, 0.717) is 16.9 Å². The molecule has 0 aliphatic rings. The topological polar surface area (TPSA) is 80.9 Å². The third kappa shape index (κ3) is 2.45. The molecule has 0 fully saturated rings. The van der Waals surface area contributed by atoms with Gasteiger partial charge < -0.3 is 11.1 Å². The Labute approximate surface area is 105 Å². The molecule has 0 unspecified atom stereocenters. The first-order valence-corrected chi connectivity index (χ1v) is 5.52. The average molecular weight is 242 g/mol. The average Bonchev–Trinajstić information content (AvgIpc) is 2.37. The van der Waals surface area contributed by atoms with Gasteiger partial charge in [0.2, 0.25) is 0 Å². The summed E-state index contributed by atoms with van der Waals surface area (Å²) < 4.78 is 0. The molecule has 0 spiro atoms. The number of carbonyl (C=O) groups excluding carboxylic acids is 1. The first kappa shape index (κ1) is 12.0. The maximum absolute atomic E-state index is 11.9. The molecule has 1 heterocycles. The van der Waals surface area contributed by atoms with E-state index in [1.54, 1.807) is 12.1 Å². The monoisotopic (exact) mass is 242 g/mol. The van der Waals surface area contributed by atoms with Crippen LogP contribution in [-0.4, -0.2) is 16.1 Å². The lowest BCUT2D eigenvalue weighted by Crippen LogP contribution is -2.13. The molecule has 3 N–H and O–H groups in total. The van der Waals surface area contributed by atoms with Gasteiger partial charge in [0, 0.05) is 11.4 Å². The molecule has 0 aliphatic carbocycles. The second-order valence-electron chi connectivity index (χ2n) is 4.11. The summed E-state index contributed by atoms with van der Waals surface area (Å²) >= 11 is 0. The van der Waals surface area contributed by atoms with Gasteiger partial charge in [0.25, 0.3) is 5.91 Å². The number of nitrogen functional groups attached to an aromatic ring is 1. The molecule has 5 nitrogen and oxygen atoms in total. The van der Waals surface area contributed by atoms with Crippen molar-refractivity contribution in [3.05, 3.63) is 47.3 Å². The lowest BCUT2D eigenvalue weighted by atomic mass is 10.1. The Bertz CT molecular complexity index is 581. The quantitative estimate of drug-likeness (QED) is 0.788. The summed E-state index contributed by atoms with van der Waals surface area (Å²) in [5, 5.41) is 10.1. The SMILES string of the molecule is Cc1cc(C)c(NC(=O)c2ccnnc2)cc1N. The number of benzene rings is 1. The minimum Gasteiger partial charge on any atom is -0.398 e. The van der Waals surface area contributed by atoms with Crippen LogP contribution in [0.3, 0.4) is 0 Å². The number of rotatable bonds is 2. The molecule has 92 valence electrons. The van der Waals surface area contributed by atoms with Gasteiger partial charge in [0.1, 0.15) is 0 Å². The van der Waals surface area contributed by atoms with Crippen LogP contribution in [0.5, 0.6) is 0 Å². The minimum absolute atomic E-state index is 0.226. The molecule has 0 bridgehead atoms. The van der Waals surface area contributed by atoms with Crippen molar-refractivity contribution in [1.29, 1.82) is 0 Å². The highest BCUT2D eigenvalue weighted by Crippen LogP contribution is 2.22. The number of nitrogens with zero attached hydrogens (tertiary/aromatic N) is 2. The van der Waals surface area contributed by atoms with E-state index in [4.69, 9.17) is 5.73 Å². The summed E-state index contributed by atoms with van der Waals surface area (Å²) in [6.07, 6.45) is 2.90. The first-order chi connectivity index (χ1) is 8.58. The zero-order valence-electron chi connectivity index (χ0n) is 10.3. The number of nitrogens with one attached hydrogen (secondary N) is 1. The number of amides is 1. The predicted octanol–water partition coefficient (Wildman–Crippen LogP) is 1.93. The van der Waals surface area contributed by atoms with Crippen LogP contribution < -0.4 is 11.1 Å². The van der Waals surface area contributed by atoms with Crippen molar-refractivity contribution in [2.75, 3.05) is 11.1 Å². The molecule has 18 heavy (non-hydrogen) atoms. The van der Waals surface area contributed by atoms with E-state index in [2.05, 4.69) is 15.5 Å². The summed E-state index contributed by atoms with van der Waals surface area (Å²) in [4.78, 5) is 11.9. The lowest BCUT2D eigenvalue weighted by Gasteiger charge is -2.10. The van der Waals surface area contributed by atoms with Crippen LogP contribution in [0.15, 0.2) is 30.6 Å². The highest BCUT2D eigenvalue weighted by Gasteiger charge is 2.09. The number of hydrogen-bond acceptors (Lipinski definition) is 4. The fraction of sp³-hybridized carbons (Fsp3) is 0.154. The Morgan fingerprint density at radius 3 is 2.67 bits per heavy atom. The molecule has 2 rings (SSSR count). The Morgan fingerprint density at radius 1 is 1.22 bits per heavy atom. The van der Waals surface area contributed by atoms with Gasteiger partial charge in [-0.15, -0.1) is 0 Å². The van der Waals surface area contributed by atoms with Crippen LogP contribution in [0.25, 0.3) is 0 Å². The summed E-state index contributed by atoms with van der Waals surface area (Å²) in [5.41, 5.74) is 9.62. The molecule has 0 radical (unpaired) electrons. The van der Waals surface area contributed by atoms with Crippen LogP contribution >= 0.6 is 0 Å². The van der Waals surface area contributed by atoms with E-state index < -0.39 is 0 Å². The molecule has 1 aromatic carbocycles. The molecule has 1 aromatic heterocycles. The number of hydrogen-bond donors (Lipinski definition) is 2. The van der Waals surface area contributed by atoms with Crippen molar-refractivity contribution < 1.29 is 4.79 Å². The molecule has 0 aliphatic heterocycles. The number of nitrogens with two attached hydrogens (primary N) is 1. The van der Waals surface area contributed by atoms with Gasteiger partial charge in [0.05, 0.1) is 18.0 Å². The molecular weight excluding hydrogens is 228 g/mol. The van der Waals surface area contributed by atoms with Crippen molar-refractivity contribution in [3.8, 4) is 0 Å². The molecule has 0 atom stereocenters. The van der Waals surface area contributed by atoms with Gasteiger partial charge in [-0.1, -0.05) is 6.07 Å². The summed E-state index contributed by atoms with van der Waals surface area (Å²) in [5.74, 6) is -0.226. The second kappa shape index (κ2) is 4.83. The number of aromatic nitrogens is 2. The molecule has 1 amide bonds. The van der Waals surface area contributed by atoms with Gasteiger partial charge in [0.15, 0.2) is 0 Å². The van der Waals surface area contributed by atoms with Crippen LogP contribution in [0.1, 0.15) is 21.5 Å². The fourth-order valence-corrected chi connectivity index (χ4v) is 1.62. The van der Waals surface area contributed by atoms with Crippen LogP contribution in [-0.2, 0) is 0 Å². The van der Waals surface area contributed by atoms with Crippen molar-refractivity contribution in [2.24, 2.45) is 0 Å². The molecule has 0 saturated carbocycles. The summed E-state index contributed by atoms with van der Waals surface area (Å²) in [7, 11) is 0. The van der Waals surface area contributed by atoms with E-state index >= 15 is 0 Å². The van der Waals surface area contributed by atoms with E-state index in [0.717, 1.165) is 11.1 Å². The van der Waals surface area contributed by atoms with Crippen LogP contribution in [0.2, 0.25) is 0 Å². The Balaban J connectivity index is 2.25.